The largest absolute Gasteiger partial charge is 0.463 e. The molecule has 2 aliphatic carbocycles. The van der Waals surface area contributed by atoms with Gasteiger partial charge in [-0.2, -0.15) is 0 Å². The van der Waals surface area contributed by atoms with Crippen LogP contribution < -0.4 is 0 Å². The molecule has 76 valence electrons. The molecule has 0 N–H and O–H groups in total. The van der Waals surface area contributed by atoms with Crippen molar-refractivity contribution in [1.29, 1.82) is 0 Å². The maximum absolute atomic E-state index is 11.1. The SMILES string of the molecule is CCOC(=O)C=CC1=C(Cl)C[C@@H]2C[C@H]12. The second-order valence-corrected chi connectivity index (χ2v) is 4.21. The number of halogens is 1. The van der Waals surface area contributed by atoms with E-state index in [1.807, 2.05) is 6.08 Å². The Labute approximate surface area is 88.6 Å². The van der Waals surface area contributed by atoms with Crippen molar-refractivity contribution in [2.75, 3.05) is 6.61 Å². The zero-order valence-corrected chi connectivity index (χ0v) is 8.88. The van der Waals surface area contributed by atoms with E-state index in [1.165, 1.54) is 12.5 Å². The van der Waals surface area contributed by atoms with Crippen LogP contribution in [0.25, 0.3) is 0 Å². The number of hydrogen-bond donors (Lipinski definition) is 0. The standard InChI is InChI=1S/C11H13ClO2/c1-2-14-11(13)4-3-8-9-5-7(9)6-10(8)12/h3-4,7,9H,2,5-6H2,1H3/t7-,9-/m0/s1. The molecule has 0 bridgehead atoms. The molecule has 3 heteroatoms. The molecule has 0 aromatic rings. The van der Waals surface area contributed by atoms with Gasteiger partial charge >= 0.3 is 5.97 Å². The van der Waals surface area contributed by atoms with E-state index >= 15 is 0 Å². The summed E-state index contributed by atoms with van der Waals surface area (Å²) in [5, 5.41) is 0.923. The topological polar surface area (TPSA) is 26.3 Å². The molecule has 2 nitrogen and oxygen atoms in total. The molecule has 0 aromatic carbocycles. The van der Waals surface area contributed by atoms with E-state index in [-0.39, 0.29) is 5.97 Å². The Kier molecular flexibility index (Phi) is 2.64. The van der Waals surface area contributed by atoms with Crippen molar-refractivity contribution >= 4 is 17.6 Å². The van der Waals surface area contributed by atoms with E-state index < -0.39 is 0 Å². The minimum Gasteiger partial charge on any atom is -0.463 e. The van der Waals surface area contributed by atoms with Gasteiger partial charge in [0.05, 0.1) is 6.61 Å². The Balaban J connectivity index is 1.96. The Morgan fingerprint density at radius 2 is 2.50 bits per heavy atom. The minimum absolute atomic E-state index is 0.284. The zero-order valence-electron chi connectivity index (χ0n) is 8.13. The number of rotatable bonds is 3. The molecule has 14 heavy (non-hydrogen) atoms. The fourth-order valence-electron chi connectivity index (χ4n) is 1.97. The fourth-order valence-corrected chi connectivity index (χ4v) is 2.37. The van der Waals surface area contributed by atoms with Gasteiger partial charge in [-0.25, -0.2) is 4.79 Å². The molecule has 2 aliphatic rings. The highest BCUT2D eigenvalue weighted by atomic mass is 35.5. The van der Waals surface area contributed by atoms with Crippen molar-refractivity contribution in [1.82, 2.24) is 0 Å². The van der Waals surface area contributed by atoms with Crippen LogP contribution in [0, 0.1) is 11.8 Å². The van der Waals surface area contributed by atoms with Gasteiger partial charge < -0.3 is 4.74 Å². The van der Waals surface area contributed by atoms with Gasteiger partial charge in [-0.05, 0) is 37.2 Å². The molecule has 1 fully saturated rings. The summed E-state index contributed by atoms with van der Waals surface area (Å²) in [6.45, 7) is 2.21. The van der Waals surface area contributed by atoms with Crippen molar-refractivity contribution in [2.45, 2.75) is 19.8 Å². The van der Waals surface area contributed by atoms with Crippen LogP contribution in [0.4, 0.5) is 0 Å². The summed E-state index contributed by atoms with van der Waals surface area (Å²) in [4.78, 5) is 11.1. The number of carbonyl (C=O) groups excluding carboxylic acids is 1. The lowest BCUT2D eigenvalue weighted by Gasteiger charge is -1.98. The first kappa shape index (κ1) is 9.78. The van der Waals surface area contributed by atoms with Crippen LogP contribution in [0.2, 0.25) is 0 Å². The molecule has 0 radical (unpaired) electrons. The van der Waals surface area contributed by atoms with E-state index in [0.29, 0.717) is 12.5 Å². The first-order chi connectivity index (χ1) is 6.72. The van der Waals surface area contributed by atoms with Crippen LogP contribution in [0.3, 0.4) is 0 Å². The summed E-state index contributed by atoms with van der Waals surface area (Å²) < 4.78 is 4.79. The molecule has 0 aliphatic heterocycles. The molecule has 1 saturated carbocycles. The smallest absolute Gasteiger partial charge is 0.330 e. The maximum Gasteiger partial charge on any atom is 0.330 e. The Bertz CT molecular complexity index is 317. The monoisotopic (exact) mass is 212 g/mol. The first-order valence-corrected chi connectivity index (χ1v) is 5.33. The van der Waals surface area contributed by atoms with Crippen molar-refractivity contribution in [2.24, 2.45) is 11.8 Å². The summed E-state index contributed by atoms with van der Waals surface area (Å²) in [7, 11) is 0. The summed E-state index contributed by atoms with van der Waals surface area (Å²) >= 11 is 6.04. The Morgan fingerprint density at radius 1 is 1.71 bits per heavy atom. The van der Waals surface area contributed by atoms with Crippen LogP contribution >= 0.6 is 11.6 Å². The lowest BCUT2D eigenvalue weighted by molar-refractivity contribution is -0.137. The number of hydrogen-bond acceptors (Lipinski definition) is 2. The third-order valence-corrected chi connectivity index (χ3v) is 3.13. The van der Waals surface area contributed by atoms with Gasteiger partial charge in [0.25, 0.3) is 0 Å². The predicted octanol–water partition coefficient (Wildman–Crippen LogP) is 2.64. The van der Waals surface area contributed by atoms with Crippen molar-refractivity contribution < 1.29 is 9.53 Å². The number of carbonyl (C=O) groups is 1. The third-order valence-electron chi connectivity index (χ3n) is 2.76. The van der Waals surface area contributed by atoms with Gasteiger partial charge in [-0.15, -0.1) is 0 Å². The number of esters is 1. The molecule has 0 unspecified atom stereocenters. The molecule has 0 amide bonds. The van der Waals surface area contributed by atoms with Gasteiger partial charge in [-0.3, -0.25) is 0 Å². The van der Waals surface area contributed by atoms with Crippen molar-refractivity contribution in [3.8, 4) is 0 Å². The van der Waals surface area contributed by atoms with Crippen LogP contribution in [-0.4, -0.2) is 12.6 Å². The Hall–Kier alpha value is -0.760. The van der Waals surface area contributed by atoms with Gasteiger partial charge in [0.15, 0.2) is 0 Å². The van der Waals surface area contributed by atoms with Gasteiger partial charge in [-0.1, -0.05) is 17.7 Å². The molecule has 0 saturated heterocycles. The molecular weight excluding hydrogens is 200 g/mol. The molecule has 2 atom stereocenters. The van der Waals surface area contributed by atoms with Gasteiger partial charge in [0, 0.05) is 11.1 Å². The summed E-state index contributed by atoms with van der Waals surface area (Å²) in [5.74, 6) is 1.09. The summed E-state index contributed by atoms with van der Waals surface area (Å²) in [5.41, 5.74) is 1.14. The van der Waals surface area contributed by atoms with E-state index in [0.717, 1.165) is 22.9 Å². The number of fused-ring (bicyclic) bond motifs is 1. The average Bonchev–Trinajstić information content (AvgIpc) is 2.79. The van der Waals surface area contributed by atoms with Crippen LogP contribution in [0.5, 0.6) is 0 Å². The fraction of sp³-hybridized carbons (Fsp3) is 0.545. The van der Waals surface area contributed by atoms with Gasteiger partial charge in [0.2, 0.25) is 0 Å². The molecule has 0 aromatic heterocycles. The van der Waals surface area contributed by atoms with E-state index in [1.54, 1.807) is 6.92 Å². The molecule has 0 spiro atoms. The van der Waals surface area contributed by atoms with Gasteiger partial charge in [0.1, 0.15) is 0 Å². The molecule has 0 heterocycles. The summed E-state index contributed by atoms with van der Waals surface area (Å²) in [6.07, 6.45) is 5.52. The molecular formula is C11H13ClO2. The second kappa shape index (κ2) is 3.77. The lowest BCUT2D eigenvalue weighted by atomic mass is 10.2. The van der Waals surface area contributed by atoms with Crippen LogP contribution in [0.15, 0.2) is 22.8 Å². The average molecular weight is 213 g/mol. The molecule has 2 rings (SSSR count). The number of ether oxygens (including phenoxy) is 1. The maximum atomic E-state index is 11.1. The zero-order chi connectivity index (χ0) is 10.1. The highest BCUT2D eigenvalue weighted by Crippen LogP contribution is 2.56. The van der Waals surface area contributed by atoms with E-state index in [4.69, 9.17) is 16.3 Å². The van der Waals surface area contributed by atoms with Crippen molar-refractivity contribution in [3.05, 3.63) is 22.8 Å². The third kappa shape index (κ3) is 1.85. The summed E-state index contributed by atoms with van der Waals surface area (Å²) in [6, 6.07) is 0. The predicted molar refractivity (Wildman–Crippen MR) is 54.9 cm³/mol. The van der Waals surface area contributed by atoms with Crippen LogP contribution in [-0.2, 0) is 9.53 Å². The minimum atomic E-state index is -0.284. The van der Waals surface area contributed by atoms with Crippen molar-refractivity contribution in [3.63, 3.8) is 0 Å². The van der Waals surface area contributed by atoms with Crippen LogP contribution in [0.1, 0.15) is 19.8 Å². The highest BCUT2D eigenvalue weighted by molar-refractivity contribution is 6.30. The lowest BCUT2D eigenvalue weighted by Crippen LogP contribution is -1.99. The Morgan fingerprint density at radius 3 is 3.07 bits per heavy atom. The number of allylic oxidation sites excluding steroid dienone is 3. The normalized spacial score (nSPS) is 29.6. The quantitative estimate of drug-likeness (QED) is 0.531. The van der Waals surface area contributed by atoms with E-state index in [9.17, 15) is 4.79 Å². The van der Waals surface area contributed by atoms with E-state index in [2.05, 4.69) is 0 Å². The first-order valence-electron chi connectivity index (χ1n) is 4.95. The highest BCUT2D eigenvalue weighted by Gasteiger charge is 2.45. The second-order valence-electron chi connectivity index (χ2n) is 3.75.